The fraction of sp³-hybridized carbons (Fsp3) is 0.195. The summed E-state index contributed by atoms with van der Waals surface area (Å²) in [5.41, 5.74) is 16.2. The van der Waals surface area contributed by atoms with Crippen molar-refractivity contribution in [2.45, 2.75) is 50.1 Å². The first-order valence-corrected chi connectivity index (χ1v) is 15.6. The normalized spacial score (nSPS) is 25.3. The van der Waals surface area contributed by atoms with Crippen molar-refractivity contribution in [3.8, 4) is 11.1 Å². The molecule has 43 heavy (non-hydrogen) atoms. The number of fused-ring (bicyclic) bond motifs is 10. The number of dihydropyridines is 1. The highest BCUT2D eigenvalue weighted by Gasteiger charge is 2.52. The monoisotopic (exact) mass is 554 g/mol. The summed E-state index contributed by atoms with van der Waals surface area (Å²) in [6.07, 6.45) is 16.7. The fourth-order valence-corrected chi connectivity index (χ4v) is 8.66. The van der Waals surface area contributed by atoms with Gasteiger partial charge in [-0.2, -0.15) is 0 Å². The molecular weight excluding hydrogens is 520 g/mol. The van der Waals surface area contributed by atoms with Crippen molar-refractivity contribution in [2.24, 2.45) is 4.99 Å². The zero-order chi connectivity index (χ0) is 28.8. The maximum Gasteiger partial charge on any atom is 0.103 e. The number of hydrogen-bond acceptors (Lipinski definition) is 2. The van der Waals surface area contributed by atoms with E-state index >= 15 is 0 Å². The smallest absolute Gasteiger partial charge is 0.103 e. The first-order valence-electron chi connectivity index (χ1n) is 15.6. The number of aryl methyl sites for hydroxylation is 2. The number of rotatable bonds is 0. The largest absolute Gasteiger partial charge is 0.374 e. The van der Waals surface area contributed by atoms with Crippen LogP contribution in [0.4, 0.5) is 0 Å². The average molecular weight is 555 g/mol. The Morgan fingerprint density at radius 1 is 0.721 bits per heavy atom. The van der Waals surface area contributed by atoms with Crippen LogP contribution in [0.1, 0.15) is 64.4 Å². The van der Waals surface area contributed by atoms with Crippen LogP contribution in [-0.2, 0) is 30.2 Å². The molecule has 5 aliphatic rings. The van der Waals surface area contributed by atoms with Crippen molar-refractivity contribution in [1.29, 1.82) is 0 Å². The van der Waals surface area contributed by atoms with Crippen molar-refractivity contribution in [1.82, 2.24) is 5.32 Å². The Morgan fingerprint density at radius 3 is 2.21 bits per heavy atom. The van der Waals surface area contributed by atoms with Gasteiger partial charge in [0.1, 0.15) is 5.41 Å². The summed E-state index contributed by atoms with van der Waals surface area (Å²) < 4.78 is 0. The summed E-state index contributed by atoms with van der Waals surface area (Å²) in [6, 6.07) is 31.8. The summed E-state index contributed by atoms with van der Waals surface area (Å²) >= 11 is 0. The second-order valence-electron chi connectivity index (χ2n) is 12.9. The van der Waals surface area contributed by atoms with Gasteiger partial charge in [0, 0.05) is 5.70 Å². The molecule has 2 atom stereocenters. The van der Waals surface area contributed by atoms with Gasteiger partial charge in [0.2, 0.25) is 0 Å². The van der Waals surface area contributed by atoms with Crippen LogP contribution in [0.15, 0.2) is 132 Å². The van der Waals surface area contributed by atoms with Gasteiger partial charge in [0.25, 0.3) is 0 Å². The highest BCUT2D eigenvalue weighted by Crippen LogP contribution is 2.55. The maximum absolute atomic E-state index is 5.96. The minimum Gasteiger partial charge on any atom is -0.374 e. The van der Waals surface area contributed by atoms with Gasteiger partial charge >= 0.3 is 0 Å². The van der Waals surface area contributed by atoms with E-state index in [0.29, 0.717) is 0 Å². The molecule has 2 nitrogen and oxygen atoms in total. The third-order valence-electron chi connectivity index (χ3n) is 10.6. The quantitative estimate of drug-likeness (QED) is 0.231. The number of aliphatic imine (C=N–C) groups is 1. The standard InChI is InChI=1S/C41H34N2/c1-26-11-7-20-37-41(34-17-5-3-14-30(34)31-15-4-6-18-35(31)41)38-21-10-24-40(2,43-38)33-19-9-12-27-22-23-28-13-8-16-29(26)39(28)36(42-37)25-32(27)33/h3-21,24,36,43H,22-23,25H2,1-2H3/b20-7-,26-11+,42-37?. The minimum atomic E-state index is -0.575. The summed E-state index contributed by atoms with van der Waals surface area (Å²) in [7, 11) is 0. The van der Waals surface area contributed by atoms with Crippen molar-refractivity contribution in [2.75, 3.05) is 0 Å². The SMILES string of the molecule is C/C1=C\C=C/C2=NC3Cc4c(cccc4C4(C)C=CC=C(N4)C24c2ccccc2-c2ccccc24)CCc2cccc1c23. The molecule has 2 heteroatoms. The molecule has 0 saturated carbocycles. The Labute approximate surface area is 253 Å². The van der Waals surface area contributed by atoms with E-state index in [1.807, 2.05) is 0 Å². The van der Waals surface area contributed by atoms with Crippen LogP contribution in [0.2, 0.25) is 0 Å². The zero-order valence-corrected chi connectivity index (χ0v) is 24.7. The summed E-state index contributed by atoms with van der Waals surface area (Å²) in [5.74, 6) is 0. The van der Waals surface area contributed by atoms with Crippen LogP contribution in [0, 0.1) is 0 Å². The van der Waals surface area contributed by atoms with E-state index in [4.69, 9.17) is 4.99 Å². The van der Waals surface area contributed by atoms with Crippen LogP contribution < -0.4 is 5.32 Å². The predicted octanol–water partition coefficient (Wildman–Crippen LogP) is 8.72. The van der Waals surface area contributed by atoms with E-state index < -0.39 is 5.41 Å². The molecule has 4 aromatic carbocycles. The number of benzene rings is 4. The minimum absolute atomic E-state index is 0.00342. The Balaban J connectivity index is 1.46. The lowest BCUT2D eigenvalue weighted by Gasteiger charge is -2.44. The highest BCUT2D eigenvalue weighted by atomic mass is 15.0. The lowest BCUT2D eigenvalue weighted by Crippen LogP contribution is -2.50. The van der Waals surface area contributed by atoms with E-state index in [1.165, 1.54) is 66.9 Å². The number of nitrogens with one attached hydrogen (secondary N) is 1. The molecule has 4 aromatic rings. The summed E-state index contributed by atoms with van der Waals surface area (Å²) in [6.45, 7) is 4.62. The molecule has 0 amide bonds. The molecule has 3 heterocycles. The van der Waals surface area contributed by atoms with Crippen LogP contribution in [0.3, 0.4) is 0 Å². The second kappa shape index (κ2) is 8.91. The topological polar surface area (TPSA) is 24.4 Å². The lowest BCUT2D eigenvalue weighted by molar-refractivity contribution is 0.463. The van der Waals surface area contributed by atoms with Gasteiger partial charge < -0.3 is 5.32 Å². The lowest BCUT2D eigenvalue weighted by atomic mass is 9.68. The van der Waals surface area contributed by atoms with Crippen LogP contribution >= 0.6 is 0 Å². The van der Waals surface area contributed by atoms with Gasteiger partial charge in [-0.1, -0.05) is 109 Å². The number of allylic oxidation sites excluding steroid dienone is 7. The van der Waals surface area contributed by atoms with Crippen LogP contribution in [-0.4, -0.2) is 5.71 Å². The van der Waals surface area contributed by atoms with Crippen molar-refractivity contribution in [3.05, 3.63) is 172 Å². The third kappa shape index (κ3) is 3.32. The first-order chi connectivity index (χ1) is 21.1. The van der Waals surface area contributed by atoms with Crippen LogP contribution in [0.5, 0.6) is 0 Å². The molecular formula is C41H34N2. The Morgan fingerprint density at radius 2 is 1.40 bits per heavy atom. The van der Waals surface area contributed by atoms with E-state index in [1.54, 1.807) is 0 Å². The van der Waals surface area contributed by atoms with Crippen molar-refractivity contribution in [3.63, 3.8) is 0 Å². The Hall–Kier alpha value is -4.69. The van der Waals surface area contributed by atoms with E-state index in [9.17, 15) is 0 Å². The molecule has 2 unspecified atom stereocenters. The molecule has 0 fully saturated rings. The molecule has 5 bridgehead atoms. The van der Waals surface area contributed by atoms with Gasteiger partial charge in [0.15, 0.2) is 0 Å². The molecule has 2 aliphatic carbocycles. The molecule has 0 aromatic heterocycles. The Kier molecular flexibility index (Phi) is 5.15. The molecule has 3 aliphatic heterocycles. The second-order valence-corrected chi connectivity index (χ2v) is 12.9. The van der Waals surface area contributed by atoms with E-state index in [2.05, 4.69) is 141 Å². The summed E-state index contributed by atoms with van der Waals surface area (Å²) in [4.78, 5) is 5.96. The van der Waals surface area contributed by atoms with Gasteiger partial charge in [-0.3, -0.25) is 4.99 Å². The van der Waals surface area contributed by atoms with E-state index in [0.717, 1.165) is 25.0 Å². The molecule has 208 valence electrons. The fourth-order valence-electron chi connectivity index (χ4n) is 8.66. The average Bonchev–Trinajstić information content (AvgIpc) is 3.35. The van der Waals surface area contributed by atoms with Gasteiger partial charge in [0.05, 0.1) is 17.3 Å². The van der Waals surface area contributed by atoms with Gasteiger partial charge in [-0.25, -0.2) is 0 Å². The molecule has 9 rings (SSSR count). The highest BCUT2D eigenvalue weighted by molar-refractivity contribution is 6.13. The third-order valence-corrected chi connectivity index (χ3v) is 10.6. The zero-order valence-electron chi connectivity index (χ0n) is 24.7. The number of hydrogen-bond donors (Lipinski definition) is 1. The number of nitrogens with zero attached hydrogens (tertiary/aromatic N) is 1. The van der Waals surface area contributed by atoms with Gasteiger partial charge in [-0.15, -0.1) is 0 Å². The maximum atomic E-state index is 5.96. The Bertz CT molecular complexity index is 1970. The van der Waals surface area contributed by atoms with Crippen LogP contribution in [0.25, 0.3) is 16.7 Å². The molecule has 0 saturated heterocycles. The van der Waals surface area contributed by atoms with E-state index in [-0.39, 0.29) is 11.6 Å². The van der Waals surface area contributed by atoms with Crippen molar-refractivity contribution >= 4 is 11.3 Å². The molecule has 1 N–H and O–H groups in total. The molecule has 1 spiro atoms. The molecule has 0 radical (unpaired) electrons. The van der Waals surface area contributed by atoms with Crippen molar-refractivity contribution < 1.29 is 0 Å². The predicted molar refractivity (Wildman–Crippen MR) is 177 cm³/mol. The van der Waals surface area contributed by atoms with Gasteiger partial charge in [-0.05, 0) is 106 Å². The first kappa shape index (κ1) is 24.9. The summed E-state index contributed by atoms with van der Waals surface area (Å²) in [5, 5.41) is 4.16.